The molecular formula is C47H29N3O. The van der Waals surface area contributed by atoms with Crippen molar-refractivity contribution >= 4 is 43.6 Å². The second kappa shape index (κ2) is 11.9. The molecule has 4 heteroatoms. The Labute approximate surface area is 294 Å². The maximum Gasteiger partial charge on any atom is 0.160 e. The Bertz CT molecular complexity index is 2880. The van der Waals surface area contributed by atoms with E-state index in [1.807, 2.05) is 42.5 Å². The third-order valence-electron chi connectivity index (χ3n) is 9.68. The first-order valence-electron chi connectivity index (χ1n) is 17.1. The fourth-order valence-corrected chi connectivity index (χ4v) is 7.25. The highest BCUT2D eigenvalue weighted by molar-refractivity contribution is 6.30. The molecule has 51 heavy (non-hydrogen) atoms. The molecule has 3 heterocycles. The zero-order valence-electron chi connectivity index (χ0n) is 27.5. The summed E-state index contributed by atoms with van der Waals surface area (Å²) >= 11 is 0. The summed E-state index contributed by atoms with van der Waals surface area (Å²) in [5.74, 6) is 0.652. The predicted octanol–water partition coefficient (Wildman–Crippen LogP) is 12.4. The van der Waals surface area contributed by atoms with E-state index in [0.29, 0.717) is 5.82 Å². The zero-order valence-corrected chi connectivity index (χ0v) is 27.5. The van der Waals surface area contributed by atoms with Gasteiger partial charge in [0, 0.05) is 49.2 Å². The van der Waals surface area contributed by atoms with Crippen molar-refractivity contribution in [3.63, 3.8) is 0 Å². The van der Waals surface area contributed by atoms with Gasteiger partial charge in [-0.05, 0) is 35.4 Å². The Kier molecular flexibility index (Phi) is 6.78. The van der Waals surface area contributed by atoms with E-state index >= 15 is 0 Å². The molecule has 3 aromatic heterocycles. The maximum absolute atomic E-state index is 6.82. The van der Waals surface area contributed by atoms with Crippen molar-refractivity contribution in [2.45, 2.75) is 0 Å². The molecular weight excluding hydrogens is 623 g/mol. The Morgan fingerprint density at radius 2 is 0.941 bits per heavy atom. The molecule has 0 radical (unpaired) electrons. The molecule has 0 saturated heterocycles. The van der Waals surface area contributed by atoms with Crippen molar-refractivity contribution < 1.29 is 4.42 Å². The predicted molar refractivity (Wildman–Crippen MR) is 209 cm³/mol. The summed E-state index contributed by atoms with van der Waals surface area (Å²) in [4.78, 5) is 15.7. The lowest BCUT2D eigenvalue weighted by Gasteiger charge is -2.15. The summed E-state index contributed by atoms with van der Waals surface area (Å²) in [6, 6.07) is 60.6. The van der Waals surface area contributed by atoms with Crippen LogP contribution in [0.25, 0.3) is 99.9 Å². The number of para-hydroxylation sites is 2. The molecule has 0 spiro atoms. The number of fused-ring (bicyclic) bond motifs is 7. The highest BCUT2D eigenvalue weighted by atomic mass is 16.3. The molecule has 0 bridgehead atoms. The number of hydrogen-bond acceptors (Lipinski definition) is 4. The van der Waals surface area contributed by atoms with Gasteiger partial charge in [0.1, 0.15) is 11.2 Å². The summed E-state index contributed by atoms with van der Waals surface area (Å²) in [6.45, 7) is 0. The Morgan fingerprint density at radius 3 is 1.69 bits per heavy atom. The average molecular weight is 652 g/mol. The van der Waals surface area contributed by atoms with Gasteiger partial charge < -0.3 is 4.42 Å². The van der Waals surface area contributed by atoms with Gasteiger partial charge in [0.05, 0.1) is 22.6 Å². The molecule has 10 rings (SSSR count). The SMILES string of the molecule is c1ccc(-c2ccc(-c3cc(-c4cc5c(-c6ccccc6)nc6ccccc6c5c5c4oc4ccccc45)nc(-c4ccccc4)n3)cc2)cc1. The first-order chi connectivity index (χ1) is 25.3. The normalized spacial score (nSPS) is 11.5. The van der Waals surface area contributed by atoms with Crippen LogP contribution in [0.4, 0.5) is 0 Å². The molecule has 7 aromatic carbocycles. The van der Waals surface area contributed by atoms with Gasteiger partial charge in [-0.3, -0.25) is 0 Å². The van der Waals surface area contributed by atoms with E-state index in [1.165, 1.54) is 5.56 Å². The fourth-order valence-electron chi connectivity index (χ4n) is 7.25. The van der Waals surface area contributed by atoms with E-state index in [0.717, 1.165) is 88.5 Å². The Balaban J connectivity index is 1.29. The summed E-state index contributed by atoms with van der Waals surface area (Å²) in [6.07, 6.45) is 0. The van der Waals surface area contributed by atoms with Crippen LogP contribution >= 0.6 is 0 Å². The van der Waals surface area contributed by atoms with Crippen LogP contribution in [0.1, 0.15) is 0 Å². The van der Waals surface area contributed by atoms with Crippen LogP contribution in [-0.4, -0.2) is 15.0 Å². The zero-order chi connectivity index (χ0) is 33.7. The van der Waals surface area contributed by atoms with E-state index < -0.39 is 0 Å². The van der Waals surface area contributed by atoms with Crippen molar-refractivity contribution in [2.24, 2.45) is 0 Å². The molecule has 0 amide bonds. The van der Waals surface area contributed by atoms with Crippen LogP contribution in [0.15, 0.2) is 180 Å². The standard InChI is InChI=1S/C47H29N3O/c1-4-14-30(15-5-1)31-24-26-32(27-25-31)40-29-41(50-47(49-40)34-18-8-3-9-19-34)37-28-38-43(44-36-21-11-13-23-42(36)51-46(37)44)35-20-10-12-22-39(35)48-45(38)33-16-6-2-7-17-33/h1-29H. The van der Waals surface area contributed by atoms with E-state index in [1.54, 1.807) is 0 Å². The maximum atomic E-state index is 6.82. The number of hydrogen-bond donors (Lipinski definition) is 0. The molecule has 238 valence electrons. The van der Waals surface area contributed by atoms with Crippen molar-refractivity contribution in [2.75, 3.05) is 0 Å². The van der Waals surface area contributed by atoms with Crippen molar-refractivity contribution in [3.05, 3.63) is 176 Å². The van der Waals surface area contributed by atoms with Crippen LogP contribution in [0.2, 0.25) is 0 Å². The third-order valence-corrected chi connectivity index (χ3v) is 9.68. The van der Waals surface area contributed by atoms with E-state index in [-0.39, 0.29) is 0 Å². The molecule has 0 aliphatic rings. The highest BCUT2D eigenvalue weighted by Gasteiger charge is 2.23. The van der Waals surface area contributed by atoms with Crippen LogP contribution < -0.4 is 0 Å². The molecule has 0 N–H and O–H groups in total. The number of furan rings is 1. The lowest BCUT2D eigenvalue weighted by Crippen LogP contribution is -1.97. The number of aromatic nitrogens is 3. The lowest BCUT2D eigenvalue weighted by molar-refractivity contribution is 0.670. The van der Waals surface area contributed by atoms with Gasteiger partial charge in [0.15, 0.2) is 5.82 Å². The van der Waals surface area contributed by atoms with Crippen LogP contribution in [0.3, 0.4) is 0 Å². The molecule has 0 fully saturated rings. The minimum Gasteiger partial charge on any atom is -0.455 e. The van der Waals surface area contributed by atoms with E-state index in [9.17, 15) is 0 Å². The summed E-state index contributed by atoms with van der Waals surface area (Å²) < 4.78 is 6.82. The summed E-state index contributed by atoms with van der Waals surface area (Å²) in [7, 11) is 0. The first-order valence-corrected chi connectivity index (χ1v) is 17.1. The largest absolute Gasteiger partial charge is 0.455 e. The van der Waals surface area contributed by atoms with Crippen LogP contribution in [0, 0.1) is 0 Å². The molecule has 0 aliphatic carbocycles. The lowest BCUT2D eigenvalue weighted by atomic mass is 9.93. The highest BCUT2D eigenvalue weighted by Crippen LogP contribution is 2.45. The summed E-state index contributed by atoms with van der Waals surface area (Å²) in [5, 5.41) is 5.37. The van der Waals surface area contributed by atoms with Gasteiger partial charge in [0.2, 0.25) is 0 Å². The van der Waals surface area contributed by atoms with Gasteiger partial charge in [-0.25, -0.2) is 15.0 Å². The van der Waals surface area contributed by atoms with Crippen molar-refractivity contribution in [1.82, 2.24) is 15.0 Å². The molecule has 0 unspecified atom stereocenters. The Hall–Kier alpha value is -6.91. The Morgan fingerprint density at radius 1 is 0.373 bits per heavy atom. The topological polar surface area (TPSA) is 51.8 Å². The number of nitrogens with zero attached hydrogens (tertiary/aromatic N) is 3. The molecule has 0 atom stereocenters. The van der Waals surface area contributed by atoms with Crippen LogP contribution in [0.5, 0.6) is 0 Å². The second-order valence-electron chi connectivity index (χ2n) is 12.8. The number of pyridine rings is 1. The third kappa shape index (κ3) is 4.96. The molecule has 10 aromatic rings. The van der Waals surface area contributed by atoms with Crippen LogP contribution in [-0.2, 0) is 0 Å². The van der Waals surface area contributed by atoms with Gasteiger partial charge in [-0.15, -0.1) is 0 Å². The summed E-state index contributed by atoms with van der Waals surface area (Å²) in [5.41, 5.74) is 11.3. The average Bonchev–Trinajstić information content (AvgIpc) is 3.61. The number of benzene rings is 7. The molecule has 0 saturated carbocycles. The molecule has 4 nitrogen and oxygen atoms in total. The monoisotopic (exact) mass is 651 g/mol. The van der Waals surface area contributed by atoms with E-state index in [4.69, 9.17) is 19.4 Å². The van der Waals surface area contributed by atoms with Gasteiger partial charge in [-0.2, -0.15) is 0 Å². The first kappa shape index (κ1) is 29.0. The van der Waals surface area contributed by atoms with Gasteiger partial charge in [-0.1, -0.05) is 152 Å². The minimum absolute atomic E-state index is 0.652. The fraction of sp³-hybridized carbons (Fsp3) is 0. The van der Waals surface area contributed by atoms with Gasteiger partial charge >= 0.3 is 0 Å². The number of rotatable bonds is 5. The minimum atomic E-state index is 0.652. The van der Waals surface area contributed by atoms with Gasteiger partial charge in [0.25, 0.3) is 0 Å². The quantitative estimate of drug-likeness (QED) is 0.174. The van der Waals surface area contributed by atoms with Crippen molar-refractivity contribution in [1.29, 1.82) is 0 Å². The second-order valence-corrected chi connectivity index (χ2v) is 12.8. The van der Waals surface area contributed by atoms with Crippen molar-refractivity contribution in [3.8, 4) is 56.3 Å². The van der Waals surface area contributed by atoms with E-state index in [2.05, 4.69) is 133 Å². The smallest absolute Gasteiger partial charge is 0.160 e. The molecule has 0 aliphatic heterocycles.